The first kappa shape index (κ1) is 15.0. The number of Topliss-reactive ketones (excluding diaryl/α,β-unsaturated/α-hetero) is 1. The Kier molecular flexibility index (Phi) is 5.56. The normalized spacial score (nSPS) is 17.1. The Labute approximate surface area is 120 Å². The number of hydrogen-bond acceptors (Lipinski definition) is 4. The highest BCUT2D eigenvalue weighted by Gasteiger charge is 2.22. The van der Waals surface area contributed by atoms with Crippen LogP contribution >= 0.6 is 0 Å². The topological polar surface area (TPSA) is 38.8 Å². The molecule has 0 spiro atoms. The van der Waals surface area contributed by atoms with Crippen LogP contribution < -0.4 is 4.74 Å². The molecule has 2 rings (SSSR count). The number of methoxy groups -OCH3 is 1. The van der Waals surface area contributed by atoms with Gasteiger partial charge in [-0.3, -0.25) is 9.69 Å². The van der Waals surface area contributed by atoms with Gasteiger partial charge in [0.2, 0.25) is 0 Å². The second-order valence-electron chi connectivity index (χ2n) is 5.06. The van der Waals surface area contributed by atoms with Crippen molar-refractivity contribution in [3.8, 4) is 5.75 Å². The predicted octanol–water partition coefficient (Wildman–Crippen LogP) is 2.38. The number of rotatable bonds is 6. The van der Waals surface area contributed by atoms with Gasteiger partial charge in [0.1, 0.15) is 5.75 Å². The molecule has 0 N–H and O–H groups in total. The summed E-state index contributed by atoms with van der Waals surface area (Å²) < 4.78 is 10.9. The van der Waals surface area contributed by atoms with Crippen LogP contribution in [0.3, 0.4) is 0 Å². The van der Waals surface area contributed by atoms with Crippen molar-refractivity contribution in [2.24, 2.45) is 0 Å². The molecule has 110 valence electrons. The molecule has 1 heterocycles. The molecule has 0 unspecified atom stereocenters. The average molecular weight is 277 g/mol. The van der Waals surface area contributed by atoms with Gasteiger partial charge in [0.15, 0.2) is 5.78 Å². The Morgan fingerprint density at radius 2 is 2.00 bits per heavy atom. The van der Waals surface area contributed by atoms with E-state index in [9.17, 15) is 4.79 Å². The lowest BCUT2D eigenvalue weighted by Gasteiger charge is -2.30. The van der Waals surface area contributed by atoms with Crippen molar-refractivity contribution in [1.82, 2.24) is 4.90 Å². The molecule has 4 heteroatoms. The van der Waals surface area contributed by atoms with E-state index in [0.29, 0.717) is 30.6 Å². The zero-order valence-corrected chi connectivity index (χ0v) is 12.3. The quantitative estimate of drug-likeness (QED) is 0.748. The van der Waals surface area contributed by atoms with Crippen LogP contribution in [-0.4, -0.2) is 50.1 Å². The lowest BCUT2D eigenvalue weighted by atomic mass is 10.1. The van der Waals surface area contributed by atoms with Gasteiger partial charge in [-0.1, -0.05) is 12.1 Å². The molecule has 1 aliphatic rings. The van der Waals surface area contributed by atoms with Crippen LogP contribution in [0.5, 0.6) is 5.75 Å². The van der Waals surface area contributed by atoms with Gasteiger partial charge in [-0.2, -0.15) is 0 Å². The van der Waals surface area contributed by atoms with E-state index in [1.807, 2.05) is 31.2 Å². The highest BCUT2D eigenvalue weighted by Crippen LogP contribution is 2.20. The summed E-state index contributed by atoms with van der Waals surface area (Å²) in [5, 5.41) is 0. The molecule has 0 atom stereocenters. The molecule has 1 aliphatic heterocycles. The molecular formula is C16H23NO3. The number of ketones is 1. The molecule has 20 heavy (non-hydrogen) atoms. The first-order chi connectivity index (χ1) is 9.74. The highest BCUT2D eigenvalue weighted by molar-refractivity contribution is 6.00. The Hall–Kier alpha value is -1.39. The smallest absolute Gasteiger partial charge is 0.180 e. The van der Waals surface area contributed by atoms with Crippen molar-refractivity contribution < 1.29 is 14.3 Å². The first-order valence-corrected chi connectivity index (χ1v) is 7.24. The Balaban J connectivity index is 1.95. The van der Waals surface area contributed by atoms with Crippen LogP contribution in [0.4, 0.5) is 0 Å². The molecule has 0 saturated carbocycles. The summed E-state index contributed by atoms with van der Waals surface area (Å²) in [5.74, 6) is 0.816. The van der Waals surface area contributed by atoms with Crippen molar-refractivity contribution in [1.29, 1.82) is 0 Å². The van der Waals surface area contributed by atoms with Crippen LogP contribution in [-0.2, 0) is 4.74 Å². The largest absolute Gasteiger partial charge is 0.493 e. The molecule has 0 amide bonds. The second kappa shape index (κ2) is 7.41. The van der Waals surface area contributed by atoms with Gasteiger partial charge >= 0.3 is 0 Å². The monoisotopic (exact) mass is 277 g/mol. The summed E-state index contributed by atoms with van der Waals surface area (Å²) in [6.45, 7) is 4.79. The van der Waals surface area contributed by atoms with E-state index in [-0.39, 0.29) is 5.78 Å². The zero-order valence-electron chi connectivity index (χ0n) is 12.3. The van der Waals surface area contributed by atoms with Gasteiger partial charge in [-0.05, 0) is 31.9 Å². The fourth-order valence-corrected chi connectivity index (χ4v) is 2.57. The summed E-state index contributed by atoms with van der Waals surface area (Å²) >= 11 is 0. The summed E-state index contributed by atoms with van der Waals surface area (Å²) in [4.78, 5) is 14.6. The van der Waals surface area contributed by atoms with Crippen LogP contribution in [0.1, 0.15) is 30.1 Å². The molecular weight excluding hydrogens is 254 g/mol. The number of likely N-dealkylation sites (tertiary alicyclic amines) is 1. The number of para-hydroxylation sites is 1. The molecule has 1 fully saturated rings. The number of benzene rings is 1. The maximum atomic E-state index is 12.4. The predicted molar refractivity (Wildman–Crippen MR) is 78.4 cm³/mol. The summed E-state index contributed by atoms with van der Waals surface area (Å²) in [6, 6.07) is 7.47. The summed E-state index contributed by atoms with van der Waals surface area (Å²) in [6.07, 6.45) is 2.34. The van der Waals surface area contributed by atoms with E-state index >= 15 is 0 Å². The molecule has 0 aliphatic carbocycles. The first-order valence-electron chi connectivity index (χ1n) is 7.24. The highest BCUT2D eigenvalue weighted by atomic mass is 16.5. The third kappa shape index (κ3) is 3.81. The second-order valence-corrected chi connectivity index (χ2v) is 5.06. The number of hydrogen-bond donors (Lipinski definition) is 0. The lowest BCUT2D eigenvalue weighted by molar-refractivity contribution is 0.0401. The van der Waals surface area contributed by atoms with Crippen molar-refractivity contribution >= 4 is 5.78 Å². The van der Waals surface area contributed by atoms with E-state index in [4.69, 9.17) is 9.47 Å². The van der Waals surface area contributed by atoms with E-state index < -0.39 is 0 Å². The van der Waals surface area contributed by atoms with E-state index in [1.165, 1.54) is 0 Å². The number of carbonyl (C=O) groups excluding carboxylic acids is 1. The van der Waals surface area contributed by atoms with Crippen molar-refractivity contribution in [2.75, 3.05) is 33.4 Å². The van der Waals surface area contributed by atoms with Gasteiger partial charge < -0.3 is 9.47 Å². The molecule has 0 radical (unpaired) electrons. The minimum Gasteiger partial charge on any atom is -0.493 e. The zero-order chi connectivity index (χ0) is 14.4. The van der Waals surface area contributed by atoms with E-state index in [0.717, 1.165) is 25.9 Å². The Morgan fingerprint density at radius 3 is 2.65 bits per heavy atom. The fraction of sp³-hybridized carbons (Fsp3) is 0.562. The number of carbonyl (C=O) groups is 1. The number of ether oxygens (including phenoxy) is 2. The van der Waals surface area contributed by atoms with Crippen LogP contribution in [0.25, 0.3) is 0 Å². The van der Waals surface area contributed by atoms with E-state index in [1.54, 1.807) is 7.11 Å². The Bertz CT molecular complexity index is 439. The van der Waals surface area contributed by atoms with Crippen molar-refractivity contribution in [3.63, 3.8) is 0 Å². The van der Waals surface area contributed by atoms with E-state index in [2.05, 4.69) is 4.90 Å². The van der Waals surface area contributed by atoms with Gasteiger partial charge in [0.25, 0.3) is 0 Å². The molecule has 1 saturated heterocycles. The van der Waals surface area contributed by atoms with Crippen LogP contribution in [0.15, 0.2) is 24.3 Å². The van der Waals surface area contributed by atoms with Gasteiger partial charge in [0, 0.05) is 20.2 Å². The van der Waals surface area contributed by atoms with Gasteiger partial charge in [-0.25, -0.2) is 0 Å². The minimum absolute atomic E-state index is 0.130. The van der Waals surface area contributed by atoms with Crippen molar-refractivity contribution in [3.05, 3.63) is 29.8 Å². The third-order valence-corrected chi connectivity index (χ3v) is 3.72. The van der Waals surface area contributed by atoms with Crippen LogP contribution in [0, 0.1) is 0 Å². The molecule has 1 aromatic carbocycles. The lowest BCUT2D eigenvalue weighted by Crippen LogP contribution is -2.39. The average Bonchev–Trinajstić information content (AvgIpc) is 2.49. The Morgan fingerprint density at radius 1 is 1.30 bits per heavy atom. The van der Waals surface area contributed by atoms with Crippen LogP contribution in [0.2, 0.25) is 0 Å². The molecule has 4 nitrogen and oxygen atoms in total. The fourth-order valence-electron chi connectivity index (χ4n) is 2.57. The number of nitrogens with zero attached hydrogens (tertiary/aromatic N) is 1. The standard InChI is InChI=1S/C16H23NO3/c1-3-20-16-7-5-4-6-14(16)15(18)12-17-10-8-13(19-2)9-11-17/h4-7,13H,3,8-12H2,1-2H3. The minimum atomic E-state index is 0.130. The van der Waals surface area contributed by atoms with Gasteiger partial charge in [-0.15, -0.1) is 0 Å². The number of piperidine rings is 1. The van der Waals surface area contributed by atoms with Gasteiger partial charge in [0.05, 0.1) is 24.8 Å². The molecule has 0 aromatic heterocycles. The van der Waals surface area contributed by atoms with Crippen molar-refractivity contribution in [2.45, 2.75) is 25.9 Å². The molecule has 1 aromatic rings. The summed E-state index contributed by atoms with van der Waals surface area (Å²) in [5.41, 5.74) is 0.684. The maximum absolute atomic E-state index is 12.4. The molecule has 0 bridgehead atoms. The summed E-state index contributed by atoms with van der Waals surface area (Å²) in [7, 11) is 1.75. The maximum Gasteiger partial charge on any atom is 0.180 e. The third-order valence-electron chi connectivity index (χ3n) is 3.72. The SMILES string of the molecule is CCOc1ccccc1C(=O)CN1CCC(OC)CC1.